The average molecular weight is 374 g/mol. The van der Waals surface area contributed by atoms with Gasteiger partial charge in [0.15, 0.2) is 9.84 Å². The Bertz CT molecular complexity index is 1090. The Kier molecular flexibility index (Phi) is 4.94. The number of aryl methyl sites for hydroxylation is 1. The monoisotopic (exact) mass is 374 g/mol. The number of rotatable bonds is 6. The molecule has 3 aromatic rings. The normalized spacial score (nSPS) is 11.6. The molecule has 0 radical (unpaired) electrons. The lowest BCUT2D eigenvalue weighted by atomic mass is 10.2. The van der Waals surface area contributed by atoms with E-state index in [0.717, 1.165) is 17.3 Å². The van der Waals surface area contributed by atoms with E-state index in [0.29, 0.717) is 13.0 Å². The van der Waals surface area contributed by atoms with Crippen molar-refractivity contribution in [2.45, 2.75) is 17.9 Å². The molecule has 8 heteroatoms. The van der Waals surface area contributed by atoms with Crippen LogP contribution in [0.2, 0.25) is 0 Å². The van der Waals surface area contributed by atoms with E-state index in [-0.39, 0.29) is 22.8 Å². The van der Waals surface area contributed by atoms with Crippen LogP contribution in [-0.2, 0) is 21.1 Å². The molecule has 3 rings (SSSR count). The molecule has 0 aliphatic rings. The number of imidazole rings is 1. The summed E-state index contributed by atoms with van der Waals surface area (Å²) in [5.74, 6) is -0.531. The molecule has 1 N–H and O–H groups in total. The summed E-state index contributed by atoms with van der Waals surface area (Å²) in [5, 5.41) is 0. The molecular weight excluding hydrogens is 356 g/mol. The third-order valence-corrected chi connectivity index (χ3v) is 5.09. The van der Waals surface area contributed by atoms with Crippen LogP contribution in [0.25, 0.3) is 11.0 Å². The molecular formula is C18H18N2O5S. The fourth-order valence-corrected chi connectivity index (χ4v) is 3.27. The van der Waals surface area contributed by atoms with Gasteiger partial charge < -0.3 is 9.72 Å². The summed E-state index contributed by atoms with van der Waals surface area (Å²) in [7, 11) is -3.30. The Labute approximate surface area is 150 Å². The summed E-state index contributed by atoms with van der Waals surface area (Å²) in [6, 6.07) is 13.0. The van der Waals surface area contributed by atoms with Gasteiger partial charge in [-0.3, -0.25) is 4.57 Å². The maximum Gasteiger partial charge on any atom is 0.338 e. The number of hydrogen-bond donors (Lipinski definition) is 1. The van der Waals surface area contributed by atoms with Gasteiger partial charge in [-0.1, -0.05) is 12.1 Å². The minimum absolute atomic E-state index is 0.146. The van der Waals surface area contributed by atoms with Gasteiger partial charge in [-0.15, -0.1) is 0 Å². The second kappa shape index (κ2) is 7.17. The zero-order valence-corrected chi connectivity index (χ0v) is 15.0. The van der Waals surface area contributed by atoms with Gasteiger partial charge in [0.05, 0.1) is 28.1 Å². The number of carbonyl (C=O) groups excluding carboxylic acids is 1. The zero-order chi connectivity index (χ0) is 18.7. The summed E-state index contributed by atoms with van der Waals surface area (Å²) in [6.45, 7) is 0.571. The Balaban J connectivity index is 1.57. The lowest BCUT2D eigenvalue weighted by Crippen LogP contribution is -2.18. The summed E-state index contributed by atoms with van der Waals surface area (Å²) < 4.78 is 29.6. The number of nitrogens with zero attached hydrogens (tertiary/aromatic N) is 1. The minimum Gasteiger partial charge on any atom is -0.462 e. The van der Waals surface area contributed by atoms with Gasteiger partial charge in [-0.2, -0.15) is 0 Å². The highest BCUT2D eigenvalue weighted by Crippen LogP contribution is 2.12. The van der Waals surface area contributed by atoms with Crippen LogP contribution in [0.1, 0.15) is 16.8 Å². The van der Waals surface area contributed by atoms with Gasteiger partial charge in [-0.05, 0) is 42.8 Å². The first-order valence-electron chi connectivity index (χ1n) is 8.01. The fourth-order valence-electron chi connectivity index (χ4n) is 2.64. The van der Waals surface area contributed by atoms with E-state index < -0.39 is 15.8 Å². The van der Waals surface area contributed by atoms with Gasteiger partial charge in [0.2, 0.25) is 0 Å². The quantitative estimate of drug-likeness (QED) is 0.525. The zero-order valence-electron chi connectivity index (χ0n) is 14.1. The molecule has 0 bridgehead atoms. The number of benzene rings is 2. The van der Waals surface area contributed by atoms with Crippen molar-refractivity contribution in [1.29, 1.82) is 0 Å². The lowest BCUT2D eigenvalue weighted by Gasteiger charge is -2.06. The van der Waals surface area contributed by atoms with Crippen LogP contribution in [0.15, 0.2) is 58.2 Å². The first kappa shape index (κ1) is 17.9. The van der Waals surface area contributed by atoms with E-state index in [2.05, 4.69) is 4.98 Å². The van der Waals surface area contributed by atoms with Crippen LogP contribution >= 0.6 is 0 Å². The van der Waals surface area contributed by atoms with Crippen LogP contribution in [0, 0.1) is 0 Å². The highest BCUT2D eigenvalue weighted by molar-refractivity contribution is 7.90. The molecule has 2 aromatic carbocycles. The van der Waals surface area contributed by atoms with Crippen LogP contribution < -0.4 is 5.69 Å². The standard InChI is InChI=1S/C18H18N2O5S/c1-26(23,24)14-9-7-13(8-10-14)17(21)25-12-4-11-20-16-6-3-2-5-15(16)19-18(20)22/h2-3,5-10H,4,11-12H2,1H3,(H,19,22). The number of H-pyrrole nitrogens is 1. The van der Waals surface area contributed by atoms with Crippen molar-refractivity contribution in [2.24, 2.45) is 0 Å². The molecule has 1 heterocycles. The predicted octanol–water partition coefficient (Wildman–Crippen LogP) is 1.98. The third-order valence-electron chi connectivity index (χ3n) is 3.96. The van der Waals surface area contributed by atoms with Crippen LogP contribution in [0.5, 0.6) is 0 Å². The summed E-state index contributed by atoms with van der Waals surface area (Å²) >= 11 is 0. The van der Waals surface area contributed by atoms with E-state index in [1.165, 1.54) is 24.3 Å². The van der Waals surface area contributed by atoms with Gasteiger partial charge in [0.1, 0.15) is 0 Å². The van der Waals surface area contributed by atoms with Crippen molar-refractivity contribution in [3.63, 3.8) is 0 Å². The van der Waals surface area contributed by atoms with Crippen molar-refractivity contribution < 1.29 is 17.9 Å². The van der Waals surface area contributed by atoms with Crippen molar-refractivity contribution in [1.82, 2.24) is 9.55 Å². The average Bonchev–Trinajstić information content (AvgIpc) is 2.93. The van der Waals surface area contributed by atoms with Crippen LogP contribution in [0.4, 0.5) is 0 Å². The topological polar surface area (TPSA) is 98.2 Å². The second-order valence-corrected chi connectivity index (χ2v) is 7.90. The first-order chi connectivity index (χ1) is 12.4. The van der Waals surface area contributed by atoms with E-state index in [4.69, 9.17) is 4.74 Å². The number of sulfone groups is 1. The molecule has 7 nitrogen and oxygen atoms in total. The number of hydrogen-bond acceptors (Lipinski definition) is 5. The lowest BCUT2D eigenvalue weighted by molar-refractivity contribution is 0.0496. The smallest absolute Gasteiger partial charge is 0.338 e. The molecule has 0 fully saturated rings. The second-order valence-electron chi connectivity index (χ2n) is 5.88. The maximum atomic E-state index is 12.0. The molecule has 0 saturated heterocycles. The molecule has 0 spiro atoms. The van der Waals surface area contributed by atoms with E-state index >= 15 is 0 Å². The number of para-hydroxylation sites is 2. The Hall–Kier alpha value is -2.87. The molecule has 0 unspecified atom stereocenters. The highest BCUT2D eigenvalue weighted by Gasteiger charge is 2.11. The van der Waals surface area contributed by atoms with Gasteiger partial charge in [-0.25, -0.2) is 18.0 Å². The third kappa shape index (κ3) is 3.85. The molecule has 0 amide bonds. The molecule has 0 saturated carbocycles. The molecule has 26 heavy (non-hydrogen) atoms. The summed E-state index contributed by atoms with van der Waals surface area (Å²) in [4.78, 5) is 26.9. The van der Waals surface area contributed by atoms with Crippen LogP contribution in [0.3, 0.4) is 0 Å². The number of fused-ring (bicyclic) bond motifs is 1. The summed E-state index contributed by atoms with van der Waals surface area (Å²) in [6.07, 6.45) is 1.59. The molecule has 0 aliphatic heterocycles. The number of carbonyl (C=O) groups is 1. The fraction of sp³-hybridized carbons (Fsp3) is 0.222. The van der Waals surface area contributed by atoms with Crippen molar-refractivity contribution >= 4 is 26.8 Å². The van der Waals surface area contributed by atoms with Gasteiger partial charge in [0.25, 0.3) is 0 Å². The predicted molar refractivity (Wildman–Crippen MR) is 97.0 cm³/mol. The van der Waals surface area contributed by atoms with E-state index in [1.807, 2.05) is 24.3 Å². The van der Waals surface area contributed by atoms with Crippen molar-refractivity contribution in [3.05, 3.63) is 64.6 Å². The number of aromatic amines is 1. The van der Waals surface area contributed by atoms with Crippen LogP contribution in [-0.4, -0.2) is 36.8 Å². The molecule has 0 atom stereocenters. The van der Waals surface area contributed by atoms with Crippen molar-refractivity contribution in [2.75, 3.05) is 12.9 Å². The largest absolute Gasteiger partial charge is 0.462 e. The summed E-state index contributed by atoms with van der Waals surface area (Å²) in [5.41, 5.74) is 1.65. The number of nitrogens with one attached hydrogen (secondary N) is 1. The number of ether oxygens (including phenoxy) is 1. The van der Waals surface area contributed by atoms with Crippen molar-refractivity contribution in [3.8, 4) is 0 Å². The van der Waals surface area contributed by atoms with E-state index in [9.17, 15) is 18.0 Å². The maximum absolute atomic E-state index is 12.0. The van der Waals surface area contributed by atoms with Gasteiger partial charge in [0, 0.05) is 12.8 Å². The molecule has 1 aromatic heterocycles. The minimum atomic E-state index is -3.30. The Morgan fingerprint density at radius 2 is 1.81 bits per heavy atom. The van der Waals surface area contributed by atoms with E-state index in [1.54, 1.807) is 4.57 Å². The SMILES string of the molecule is CS(=O)(=O)c1ccc(C(=O)OCCCn2c(=O)[nH]c3ccccc32)cc1. The van der Waals surface area contributed by atoms with Gasteiger partial charge >= 0.3 is 11.7 Å². The highest BCUT2D eigenvalue weighted by atomic mass is 32.2. The Morgan fingerprint density at radius 3 is 2.50 bits per heavy atom. The number of aromatic nitrogens is 2. The molecule has 0 aliphatic carbocycles. The number of esters is 1. The molecule has 136 valence electrons. The first-order valence-corrected chi connectivity index (χ1v) is 9.90. The Morgan fingerprint density at radius 1 is 1.12 bits per heavy atom.